The summed E-state index contributed by atoms with van der Waals surface area (Å²) < 4.78 is 11.9. The fourth-order valence-electron chi connectivity index (χ4n) is 7.67. The predicted molar refractivity (Wildman–Crippen MR) is 156 cm³/mol. The van der Waals surface area contributed by atoms with E-state index in [0.29, 0.717) is 12.0 Å². The van der Waals surface area contributed by atoms with E-state index in [1.807, 2.05) is 49.1 Å². The molecule has 1 atom stereocenters. The number of amides is 1. The molecule has 4 aliphatic heterocycles. The summed E-state index contributed by atoms with van der Waals surface area (Å²) in [5.74, 6) is 1.26. The van der Waals surface area contributed by atoms with Gasteiger partial charge >= 0.3 is 174 Å². The summed E-state index contributed by atoms with van der Waals surface area (Å²) in [6.45, 7) is 8.98. The van der Waals surface area contributed by atoms with Gasteiger partial charge in [-0.1, -0.05) is 0 Å². The Hall–Kier alpha value is -2.33. The number of fused-ring (bicyclic) bond motifs is 1. The Bertz CT molecular complexity index is 1330. The molecule has 2 aromatic rings. The number of anilines is 1. The summed E-state index contributed by atoms with van der Waals surface area (Å²) in [5.41, 5.74) is 0.839. The van der Waals surface area contributed by atoms with E-state index in [4.69, 9.17) is 14.5 Å². The van der Waals surface area contributed by atoms with E-state index in [1.165, 1.54) is 0 Å². The second-order valence-electron chi connectivity index (χ2n) is 13.0. The Labute approximate surface area is 250 Å². The van der Waals surface area contributed by atoms with Crippen molar-refractivity contribution < 1.29 is 34.4 Å². The minimum atomic E-state index is -0.379. The van der Waals surface area contributed by atoms with Gasteiger partial charge in [-0.3, -0.25) is 9.69 Å². The Morgan fingerprint density at radius 2 is 1.80 bits per heavy atom. The van der Waals surface area contributed by atoms with Crippen molar-refractivity contribution in [1.82, 2.24) is 14.8 Å². The molecular weight excluding hydrogens is 563 g/mol. The van der Waals surface area contributed by atoms with Crippen molar-refractivity contribution in [2.75, 3.05) is 51.3 Å². The van der Waals surface area contributed by atoms with Gasteiger partial charge in [0.15, 0.2) is 0 Å². The van der Waals surface area contributed by atoms with E-state index < -0.39 is 0 Å². The molecule has 1 unspecified atom stereocenters. The first kappa shape index (κ1) is 28.8. The second kappa shape index (κ2) is 11.4. The molecule has 0 N–H and O–H groups in total. The molecule has 5 heterocycles. The van der Waals surface area contributed by atoms with Gasteiger partial charge in [0.2, 0.25) is 0 Å². The number of piperidine rings is 3. The minimum absolute atomic E-state index is 0.0211. The summed E-state index contributed by atoms with van der Waals surface area (Å²) >= 11 is 4.55. The second-order valence-corrected chi connectivity index (χ2v) is 13.5. The third-order valence-corrected chi connectivity index (χ3v) is 10.3. The first-order valence-electron chi connectivity index (χ1n) is 15.1. The molecule has 4 aliphatic rings. The van der Waals surface area contributed by atoms with E-state index >= 15 is 0 Å². The number of nitrogens with zero attached hydrogens (tertiary/aromatic N) is 4. The van der Waals surface area contributed by atoms with E-state index in [0.717, 1.165) is 111 Å². The van der Waals surface area contributed by atoms with Crippen molar-refractivity contribution in [2.45, 2.75) is 70.4 Å². The van der Waals surface area contributed by atoms with Crippen LogP contribution in [0.3, 0.4) is 0 Å². The number of hydrogen-bond donors (Lipinski definition) is 0. The third kappa shape index (κ3) is 5.70. The van der Waals surface area contributed by atoms with Gasteiger partial charge in [0, 0.05) is 19.0 Å². The summed E-state index contributed by atoms with van der Waals surface area (Å²) in [7, 11) is 1.67. The normalized spacial score (nSPS) is 26.1. The van der Waals surface area contributed by atoms with E-state index in [-0.39, 0.29) is 22.9 Å². The Morgan fingerprint density at radius 1 is 1.07 bits per heavy atom. The molecule has 0 saturated carbocycles. The van der Waals surface area contributed by atoms with Crippen molar-refractivity contribution in [3.05, 3.63) is 35.9 Å². The quantitative estimate of drug-likeness (QED) is 0.474. The maximum absolute atomic E-state index is 14.0. The average molecular weight is 606 g/mol. The SMILES string of the molecule is CO[C](=[Co])C1CCN(c2cc(C(=O)N3CCC(N4CCCC5(C4)CC(C)(C)OC5=O)CC3)c3ccccc3n2)CC1. The van der Waals surface area contributed by atoms with E-state index in [9.17, 15) is 9.59 Å². The molecule has 0 aliphatic carbocycles. The van der Waals surface area contributed by atoms with Crippen molar-refractivity contribution >= 4 is 33.2 Å². The van der Waals surface area contributed by atoms with Crippen molar-refractivity contribution in [3.8, 4) is 0 Å². The van der Waals surface area contributed by atoms with Crippen LogP contribution in [0.2, 0.25) is 0 Å². The van der Waals surface area contributed by atoms with Gasteiger partial charge in [-0.05, 0) is 33.2 Å². The van der Waals surface area contributed by atoms with Gasteiger partial charge in [0.25, 0.3) is 0 Å². The third-order valence-electron chi connectivity index (χ3n) is 9.68. The molecule has 6 rings (SSSR count). The molecule has 4 fully saturated rings. The fourth-order valence-corrected chi connectivity index (χ4v) is 7.97. The zero-order chi connectivity index (χ0) is 28.8. The number of ether oxygens (including phenoxy) is 2. The predicted octanol–water partition coefficient (Wildman–Crippen LogP) is 4.19. The number of hydrogen-bond acceptors (Lipinski definition) is 7. The summed E-state index contributed by atoms with van der Waals surface area (Å²) in [4.78, 5) is 38.6. The molecule has 1 aromatic carbocycles. The van der Waals surface area contributed by atoms with Crippen LogP contribution in [0.25, 0.3) is 10.9 Å². The van der Waals surface area contributed by atoms with Crippen LogP contribution in [0.1, 0.15) is 69.2 Å². The van der Waals surface area contributed by atoms with Crippen LogP contribution in [0.15, 0.2) is 30.3 Å². The molecule has 1 spiro atoms. The number of methoxy groups -OCH3 is 1. The molecule has 8 nitrogen and oxygen atoms in total. The number of aromatic nitrogens is 1. The number of pyridine rings is 1. The van der Waals surface area contributed by atoms with Crippen LogP contribution in [0, 0.1) is 11.3 Å². The standard InChI is InChI=1S/C32H42N4O4.Co/c1-31(2)21-32(30(38)40-31)13-6-14-36(22-32)24-11-17-35(18-12-24)29(37)26-19-28(33-27-8-5-4-7-25(26)27)34-15-9-23(10-16-34)20-39-3;/h4-5,7-8,19,23-24H,6,9-18,21-22H2,1-3H3;. The van der Waals surface area contributed by atoms with Crippen LogP contribution in [-0.2, 0) is 29.6 Å². The molecule has 1 aromatic heterocycles. The molecule has 223 valence electrons. The van der Waals surface area contributed by atoms with Gasteiger partial charge in [-0.15, -0.1) is 0 Å². The fraction of sp³-hybridized carbons (Fsp3) is 0.625. The molecule has 0 bridgehead atoms. The average Bonchev–Trinajstić information content (AvgIpc) is 3.21. The molecule has 41 heavy (non-hydrogen) atoms. The maximum atomic E-state index is 14.0. The Kier molecular flexibility index (Phi) is 8.00. The van der Waals surface area contributed by atoms with Crippen LogP contribution >= 0.6 is 0 Å². The van der Waals surface area contributed by atoms with Crippen LogP contribution < -0.4 is 4.90 Å². The molecule has 1 amide bonds. The topological polar surface area (TPSA) is 75.2 Å². The first-order valence-corrected chi connectivity index (χ1v) is 15.7. The van der Waals surface area contributed by atoms with Gasteiger partial charge in [-0.25, -0.2) is 0 Å². The molecular formula is C32H42CoN4O4. The van der Waals surface area contributed by atoms with E-state index in [2.05, 4.69) is 25.1 Å². The zero-order valence-electron chi connectivity index (χ0n) is 24.5. The van der Waals surface area contributed by atoms with Crippen LogP contribution in [0.4, 0.5) is 5.82 Å². The number of likely N-dealkylation sites (tertiary alicyclic amines) is 2. The number of benzene rings is 1. The molecule has 9 heteroatoms. The monoisotopic (exact) mass is 605 g/mol. The van der Waals surface area contributed by atoms with Gasteiger partial charge in [-0.2, -0.15) is 0 Å². The number of rotatable bonds is 5. The number of cyclic esters (lactones) is 1. The van der Waals surface area contributed by atoms with Crippen molar-refractivity contribution in [1.29, 1.82) is 0 Å². The molecule has 4 saturated heterocycles. The Balaban J connectivity index is 1.15. The first-order chi connectivity index (χ1) is 19.7. The van der Waals surface area contributed by atoms with Crippen LogP contribution in [-0.4, -0.2) is 89.3 Å². The summed E-state index contributed by atoms with van der Waals surface area (Å²) in [6.07, 6.45) is 6.47. The van der Waals surface area contributed by atoms with Gasteiger partial charge in [0.05, 0.1) is 5.41 Å². The summed E-state index contributed by atoms with van der Waals surface area (Å²) in [6, 6.07) is 10.4. The zero-order valence-corrected chi connectivity index (χ0v) is 25.5. The number of esters is 1. The van der Waals surface area contributed by atoms with Crippen molar-refractivity contribution in [2.24, 2.45) is 11.3 Å². The van der Waals surface area contributed by atoms with E-state index in [1.54, 1.807) is 7.11 Å². The van der Waals surface area contributed by atoms with Gasteiger partial charge < -0.3 is 4.74 Å². The number of carbonyl (C=O) groups is 2. The number of carbonyl (C=O) groups excluding carboxylic acids is 2. The molecule has 0 radical (unpaired) electrons. The van der Waals surface area contributed by atoms with Gasteiger partial charge in [0.1, 0.15) is 5.60 Å². The number of para-hydroxylation sites is 1. The van der Waals surface area contributed by atoms with Crippen molar-refractivity contribution in [3.63, 3.8) is 0 Å². The van der Waals surface area contributed by atoms with Crippen LogP contribution in [0.5, 0.6) is 0 Å². The Morgan fingerprint density at radius 3 is 2.49 bits per heavy atom. The summed E-state index contributed by atoms with van der Waals surface area (Å²) in [5, 5.41) is 0.906.